The lowest BCUT2D eigenvalue weighted by atomic mass is 9.71. The smallest absolute Gasteiger partial charge is 0.266 e. The zero-order valence-corrected chi connectivity index (χ0v) is 17.8. The van der Waals surface area contributed by atoms with E-state index in [1.165, 1.54) is 37.1 Å². The van der Waals surface area contributed by atoms with Gasteiger partial charge in [-0.05, 0) is 61.0 Å². The van der Waals surface area contributed by atoms with Gasteiger partial charge in [0.1, 0.15) is 0 Å². The number of hydrogen-bond donors (Lipinski definition) is 0. The predicted molar refractivity (Wildman–Crippen MR) is 107 cm³/mol. The Morgan fingerprint density at radius 3 is 2.46 bits per heavy atom. The Balaban J connectivity index is 1.60. The van der Waals surface area contributed by atoms with Crippen LogP contribution in [-0.4, -0.2) is 19.9 Å². The van der Waals surface area contributed by atoms with Gasteiger partial charge in [-0.1, -0.05) is 38.8 Å². The van der Waals surface area contributed by atoms with Crippen LogP contribution in [0.3, 0.4) is 0 Å². The van der Waals surface area contributed by atoms with Crippen LogP contribution in [-0.2, 0) is 14.3 Å². The van der Waals surface area contributed by atoms with Gasteiger partial charge in [-0.2, -0.15) is 8.42 Å². The summed E-state index contributed by atoms with van der Waals surface area (Å²) in [7, 11) is -3.90. The molecule has 7 heteroatoms. The van der Waals surface area contributed by atoms with E-state index in [9.17, 15) is 18.5 Å². The van der Waals surface area contributed by atoms with Crippen LogP contribution in [0.1, 0.15) is 59.8 Å². The third kappa shape index (κ3) is 3.87. The number of allylic oxidation sites excluding steroid dienone is 2. The summed E-state index contributed by atoms with van der Waals surface area (Å²) in [6, 6.07) is 4.78. The molecule has 0 heterocycles. The zero-order valence-electron chi connectivity index (χ0n) is 17.0. The molecule has 0 radical (unpaired) electrons. The maximum Gasteiger partial charge on any atom is 0.296 e. The Hall–Kier alpha value is -1.73. The van der Waals surface area contributed by atoms with Crippen molar-refractivity contribution in [3.63, 3.8) is 0 Å². The van der Waals surface area contributed by atoms with Gasteiger partial charge < -0.3 is 0 Å². The Labute approximate surface area is 167 Å². The van der Waals surface area contributed by atoms with E-state index < -0.39 is 15.0 Å². The largest absolute Gasteiger partial charge is 0.296 e. The number of nitrogens with zero attached hydrogens (tertiary/aromatic N) is 1. The van der Waals surface area contributed by atoms with Crippen LogP contribution in [0.5, 0.6) is 0 Å². The molecule has 6 nitrogen and oxygen atoms in total. The van der Waals surface area contributed by atoms with Gasteiger partial charge in [0.15, 0.2) is 0 Å². The van der Waals surface area contributed by atoms with Gasteiger partial charge in [0.05, 0.1) is 16.4 Å². The molecule has 0 fully saturated rings. The number of benzene rings is 1. The molecule has 0 unspecified atom stereocenters. The maximum absolute atomic E-state index is 12.3. The standard InChI is InChI=1S/C21H29NO5S/c1-15-6-11-18-19(15)21(4,14-20(18,2)3)12-5-13-27-28(25,26)17-9-7-16(8-10-17)22(23)24/h7-10,15H,5-6,11-14H2,1-4H3/t15-,21+/m1/s1. The summed E-state index contributed by atoms with van der Waals surface area (Å²) in [5.41, 5.74) is 3.39. The Bertz CT molecular complexity index is 901. The summed E-state index contributed by atoms with van der Waals surface area (Å²) in [5.74, 6) is 0.603. The summed E-state index contributed by atoms with van der Waals surface area (Å²) in [6.45, 7) is 9.37. The van der Waals surface area contributed by atoms with Crippen LogP contribution in [0.25, 0.3) is 0 Å². The summed E-state index contributed by atoms with van der Waals surface area (Å²) in [6.07, 6.45) is 5.06. The van der Waals surface area contributed by atoms with Gasteiger partial charge in [-0.25, -0.2) is 0 Å². The highest BCUT2D eigenvalue weighted by molar-refractivity contribution is 7.86. The molecule has 2 atom stereocenters. The fourth-order valence-corrected chi connectivity index (χ4v) is 6.38. The second-order valence-electron chi connectivity index (χ2n) is 9.08. The highest BCUT2D eigenvalue weighted by atomic mass is 32.2. The number of nitro benzene ring substituents is 1. The molecule has 154 valence electrons. The van der Waals surface area contributed by atoms with Crippen LogP contribution < -0.4 is 0 Å². The van der Waals surface area contributed by atoms with Crippen molar-refractivity contribution in [1.82, 2.24) is 0 Å². The Morgan fingerprint density at radius 2 is 1.86 bits per heavy atom. The third-order valence-corrected chi connectivity index (χ3v) is 7.72. The minimum Gasteiger partial charge on any atom is -0.266 e. The molecule has 0 saturated carbocycles. The zero-order chi connectivity index (χ0) is 20.7. The van der Waals surface area contributed by atoms with Crippen LogP contribution in [0.15, 0.2) is 40.3 Å². The van der Waals surface area contributed by atoms with E-state index in [0.717, 1.165) is 12.8 Å². The molecule has 28 heavy (non-hydrogen) atoms. The van der Waals surface area contributed by atoms with Gasteiger partial charge in [0, 0.05) is 12.1 Å². The highest BCUT2D eigenvalue weighted by Crippen LogP contribution is 2.61. The molecule has 0 saturated heterocycles. The van der Waals surface area contributed by atoms with Gasteiger partial charge >= 0.3 is 0 Å². The lowest BCUT2D eigenvalue weighted by Gasteiger charge is -2.33. The Morgan fingerprint density at radius 1 is 1.21 bits per heavy atom. The molecular weight excluding hydrogens is 378 g/mol. The average molecular weight is 408 g/mol. The van der Waals surface area contributed by atoms with Crippen LogP contribution in [0.4, 0.5) is 5.69 Å². The molecule has 1 aromatic carbocycles. The number of nitro groups is 1. The van der Waals surface area contributed by atoms with E-state index >= 15 is 0 Å². The molecule has 0 N–H and O–H groups in total. The summed E-state index contributed by atoms with van der Waals surface area (Å²) in [5, 5.41) is 10.7. The van der Waals surface area contributed by atoms with Gasteiger partial charge in [0.25, 0.3) is 15.8 Å². The lowest BCUT2D eigenvalue weighted by Crippen LogP contribution is -2.23. The minimum atomic E-state index is -3.90. The molecule has 3 rings (SSSR count). The van der Waals surface area contributed by atoms with Crippen LogP contribution in [0.2, 0.25) is 0 Å². The van der Waals surface area contributed by atoms with Crippen molar-refractivity contribution in [2.24, 2.45) is 16.7 Å². The summed E-state index contributed by atoms with van der Waals surface area (Å²) >= 11 is 0. The van der Waals surface area contributed by atoms with Gasteiger partial charge in [-0.3, -0.25) is 14.3 Å². The van der Waals surface area contributed by atoms with Gasteiger partial charge in [-0.15, -0.1) is 0 Å². The first kappa shape index (κ1) is 21.0. The van der Waals surface area contributed by atoms with Crippen molar-refractivity contribution in [2.45, 2.75) is 64.7 Å². The SMILES string of the molecule is C[C@@H]1CCC2=C1[C@@](C)(CCCOS(=O)(=O)c1ccc([N+](=O)[O-])cc1)CC2(C)C. The Kier molecular flexibility index (Phi) is 5.44. The highest BCUT2D eigenvalue weighted by Gasteiger charge is 2.49. The fraction of sp³-hybridized carbons (Fsp3) is 0.619. The maximum atomic E-state index is 12.3. The normalized spacial score (nSPS) is 26.5. The lowest BCUT2D eigenvalue weighted by molar-refractivity contribution is -0.384. The molecule has 1 aromatic rings. The van der Waals surface area contributed by atoms with Crippen LogP contribution >= 0.6 is 0 Å². The van der Waals surface area contributed by atoms with E-state index in [2.05, 4.69) is 27.7 Å². The van der Waals surface area contributed by atoms with Crippen molar-refractivity contribution >= 4 is 15.8 Å². The molecular formula is C21H29NO5S. The van der Waals surface area contributed by atoms with E-state index in [4.69, 9.17) is 4.18 Å². The number of hydrogen-bond acceptors (Lipinski definition) is 5. The topological polar surface area (TPSA) is 86.5 Å². The van der Waals surface area contributed by atoms with Crippen LogP contribution in [0, 0.1) is 26.9 Å². The minimum absolute atomic E-state index is 0.0549. The molecule has 2 aliphatic carbocycles. The van der Waals surface area contributed by atoms with Crippen molar-refractivity contribution in [3.8, 4) is 0 Å². The van der Waals surface area contributed by atoms with Crippen molar-refractivity contribution in [1.29, 1.82) is 0 Å². The van der Waals surface area contributed by atoms with Crippen molar-refractivity contribution < 1.29 is 17.5 Å². The molecule has 0 aliphatic heterocycles. The van der Waals surface area contributed by atoms with E-state index in [1.54, 1.807) is 11.1 Å². The molecule has 0 spiro atoms. The van der Waals surface area contributed by atoms with Crippen molar-refractivity contribution in [2.75, 3.05) is 6.61 Å². The quantitative estimate of drug-likeness (QED) is 0.203. The number of non-ortho nitro benzene ring substituents is 1. The third-order valence-electron chi connectivity index (χ3n) is 6.39. The molecule has 0 bridgehead atoms. The first-order chi connectivity index (χ1) is 13.0. The second kappa shape index (κ2) is 7.26. The average Bonchev–Trinajstić information content (AvgIpc) is 3.10. The summed E-state index contributed by atoms with van der Waals surface area (Å²) < 4.78 is 29.8. The monoisotopic (exact) mass is 407 g/mol. The predicted octanol–water partition coefficient (Wildman–Crippen LogP) is 5.24. The second-order valence-corrected chi connectivity index (χ2v) is 10.7. The number of rotatable bonds is 7. The van der Waals surface area contributed by atoms with E-state index in [-0.39, 0.29) is 28.0 Å². The van der Waals surface area contributed by atoms with Crippen molar-refractivity contribution in [3.05, 3.63) is 45.5 Å². The first-order valence-electron chi connectivity index (χ1n) is 9.84. The fourth-order valence-electron chi connectivity index (χ4n) is 5.43. The molecule has 0 amide bonds. The molecule has 0 aromatic heterocycles. The van der Waals surface area contributed by atoms with E-state index in [0.29, 0.717) is 12.3 Å². The summed E-state index contributed by atoms with van der Waals surface area (Å²) in [4.78, 5) is 10.1. The first-order valence-corrected chi connectivity index (χ1v) is 11.2. The van der Waals surface area contributed by atoms with E-state index in [1.807, 2.05) is 0 Å². The van der Waals surface area contributed by atoms with Gasteiger partial charge in [0.2, 0.25) is 0 Å². The molecule has 2 aliphatic rings.